The Labute approximate surface area is 56.2 Å². The van der Waals surface area contributed by atoms with Gasteiger partial charge in [-0.25, -0.2) is 4.39 Å². The Hall–Kier alpha value is -0.110. The molecule has 0 aromatic rings. The van der Waals surface area contributed by atoms with Gasteiger partial charge in [0.2, 0.25) is 0 Å². The van der Waals surface area contributed by atoms with Crippen LogP contribution < -0.4 is 0 Å². The van der Waals surface area contributed by atoms with Gasteiger partial charge < -0.3 is 4.74 Å². The summed E-state index contributed by atoms with van der Waals surface area (Å²) in [7, 11) is 0. The summed E-state index contributed by atoms with van der Waals surface area (Å²) >= 11 is 0. The van der Waals surface area contributed by atoms with E-state index in [2.05, 4.69) is 0 Å². The first-order chi connectivity index (χ1) is 3.92. The summed E-state index contributed by atoms with van der Waals surface area (Å²) in [5.41, 5.74) is -0.208. The fraction of sp³-hybridized carbons (Fsp3) is 1.00. The van der Waals surface area contributed by atoms with Gasteiger partial charge in [-0.2, -0.15) is 0 Å². The lowest BCUT2D eigenvalue weighted by atomic mass is 10.2. The van der Waals surface area contributed by atoms with Crippen molar-refractivity contribution in [2.75, 3.05) is 6.61 Å². The van der Waals surface area contributed by atoms with Crippen LogP contribution in [0.3, 0.4) is 0 Å². The first-order valence-corrected chi connectivity index (χ1v) is 3.20. The smallest absolute Gasteiger partial charge is 0.121 e. The van der Waals surface area contributed by atoms with E-state index in [9.17, 15) is 4.39 Å². The van der Waals surface area contributed by atoms with Crippen LogP contribution in [-0.2, 0) is 4.74 Å². The molecule has 0 aliphatic heterocycles. The maximum atomic E-state index is 12.1. The molecule has 0 saturated carbocycles. The van der Waals surface area contributed by atoms with Gasteiger partial charge in [0.05, 0.1) is 12.2 Å². The number of ether oxygens (including phenoxy) is 1. The molecule has 0 rings (SSSR count). The monoisotopic (exact) mass is 134 g/mol. The van der Waals surface area contributed by atoms with Crippen LogP contribution in [0.4, 0.5) is 4.39 Å². The molecule has 0 N–H and O–H groups in total. The third-order valence-corrected chi connectivity index (χ3v) is 0.746. The van der Waals surface area contributed by atoms with E-state index in [-0.39, 0.29) is 12.2 Å². The molecule has 0 bridgehead atoms. The second kappa shape index (κ2) is 3.16. The molecular formula is C7H15FO. The Kier molecular flexibility index (Phi) is 3.12. The highest BCUT2D eigenvalue weighted by Crippen LogP contribution is 2.07. The summed E-state index contributed by atoms with van der Waals surface area (Å²) in [6.07, 6.45) is -0.857. The molecule has 0 saturated heterocycles. The normalized spacial score (nSPS) is 15.7. The van der Waals surface area contributed by atoms with Gasteiger partial charge in [0.25, 0.3) is 0 Å². The quantitative estimate of drug-likeness (QED) is 0.562. The zero-order valence-corrected chi connectivity index (χ0v) is 6.57. The van der Waals surface area contributed by atoms with Gasteiger partial charge in [0.15, 0.2) is 0 Å². The second-order valence-electron chi connectivity index (χ2n) is 3.20. The van der Waals surface area contributed by atoms with Crippen LogP contribution in [0, 0.1) is 0 Å². The van der Waals surface area contributed by atoms with Crippen molar-refractivity contribution < 1.29 is 9.13 Å². The van der Waals surface area contributed by atoms with E-state index in [1.165, 1.54) is 6.92 Å². The van der Waals surface area contributed by atoms with Crippen LogP contribution in [0.5, 0.6) is 0 Å². The minimum absolute atomic E-state index is 0.198. The van der Waals surface area contributed by atoms with Crippen LogP contribution in [0.1, 0.15) is 27.7 Å². The van der Waals surface area contributed by atoms with E-state index in [4.69, 9.17) is 4.74 Å². The Morgan fingerprint density at radius 1 is 1.44 bits per heavy atom. The topological polar surface area (TPSA) is 9.23 Å². The van der Waals surface area contributed by atoms with Gasteiger partial charge in [0, 0.05) is 0 Å². The van der Waals surface area contributed by atoms with Gasteiger partial charge in [0.1, 0.15) is 6.17 Å². The molecule has 0 radical (unpaired) electrons. The number of hydrogen-bond donors (Lipinski definition) is 0. The zero-order valence-electron chi connectivity index (χ0n) is 6.57. The number of hydrogen-bond acceptors (Lipinski definition) is 1. The molecule has 0 fully saturated rings. The fourth-order valence-electron chi connectivity index (χ4n) is 0.365. The highest BCUT2D eigenvalue weighted by atomic mass is 19.1. The highest BCUT2D eigenvalue weighted by molar-refractivity contribution is 4.59. The van der Waals surface area contributed by atoms with Crippen molar-refractivity contribution in [3.05, 3.63) is 0 Å². The average Bonchev–Trinajstić information content (AvgIpc) is 1.59. The van der Waals surface area contributed by atoms with Crippen molar-refractivity contribution >= 4 is 0 Å². The Bertz CT molecular complexity index is 73.5. The molecule has 0 heterocycles. The lowest BCUT2D eigenvalue weighted by molar-refractivity contribution is -0.0255. The van der Waals surface area contributed by atoms with Crippen LogP contribution in [0.2, 0.25) is 0 Å². The predicted octanol–water partition coefficient (Wildman–Crippen LogP) is 2.16. The summed E-state index contributed by atoms with van der Waals surface area (Å²) in [6, 6.07) is 0. The third kappa shape index (κ3) is 7.89. The Morgan fingerprint density at radius 3 is 2.00 bits per heavy atom. The summed E-state index contributed by atoms with van der Waals surface area (Å²) < 4.78 is 17.2. The van der Waals surface area contributed by atoms with Crippen LogP contribution >= 0.6 is 0 Å². The van der Waals surface area contributed by atoms with E-state index in [0.29, 0.717) is 0 Å². The molecule has 0 spiro atoms. The zero-order chi connectivity index (χ0) is 7.49. The van der Waals surface area contributed by atoms with Crippen LogP contribution in [0.25, 0.3) is 0 Å². The van der Waals surface area contributed by atoms with Crippen LogP contribution in [-0.4, -0.2) is 18.4 Å². The lowest BCUT2D eigenvalue weighted by Gasteiger charge is -2.19. The van der Waals surface area contributed by atoms with Crippen molar-refractivity contribution in [1.82, 2.24) is 0 Å². The van der Waals surface area contributed by atoms with E-state index in [1.807, 2.05) is 20.8 Å². The van der Waals surface area contributed by atoms with Crippen molar-refractivity contribution in [3.63, 3.8) is 0 Å². The van der Waals surface area contributed by atoms with Gasteiger partial charge in [-0.1, -0.05) is 0 Å². The molecule has 1 nitrogen and oxygen atoms in total. The molecule has 0 aliphatic carbocycles. The molecule has 2 heteroatoms. The number of halogens is 1. The minimum atomic E-state index is -0.857. The minimum Gasteiger partial charge on any atom is -0.373 e. The number of rotatable bonds is 2. The van der Waals surface area contributed by atoms with E-state index in [0.717, 1.165) is 0 Å². The molecule has 0 aromatic carbocycles. The van der Waals surface area contributed by atoms with Crippen LogP contribution in [0.15, 0.2) is 0 Å². The van der Waals surface area contributed by atoms with Gasteiger partial charge in [-0.3, -0.25) is 0 Å². The molecule has 1 atom stereocenters. The SMILES string of the molecule is CC(F)COC(C)(C)C. The van der Waals surface area contributed by atoms with Gasteiger partial charge >= 0.3 is 0 Å². The maximum Gasteiger partial charge on any atom is 0.121 e. The van der Waals surface area contributed by atoms with Crippen molar-refractivity contribution in [1.29, 1.82) is 0 Å². The first-order valence-electron chi connectivity index (χ1n) is 3.20. The highest BCUT2D eigenvalue weighted by Gasteiger charge is 2.11. The fourth-order valence-corrected chi connectivity index (χ4v) is 0.365. The summed E-state index contributed by atoms with van der Waals surface area (Å²) in [6.45, 7) is 7.43. The van der Waals surface area contributed by atoms with Crippen molar-refractivity contribution in [2.24, 2.45) is 0 Å². The van der Waals surface area contributed by atoms with Crippen molar-refractivity contribution in [3.8, 4) is 0 Å². The van der Waals surface area contributed by atoms with E-state index >= 15 is 0 Å². The van der Waals surface area contributed by atoms with E-state index in [1.54, 1.807) is 0 Å². The third-order valence-electron chi connectivity index (χ3n) is 0.746. The average molecular weight is 134 g/mol. The first kappa shape index (κ1) is 8.89. The Morgan fingerprint density at radius 2 is 1.89 bits per heavy atom. The molecule has 0 aliphatic rings. The van der Waals surface area contributed by atoms with Gasteiger partial charge in [-0.15, -0.1) is 0 Å². The maximum absolute atomic E-state index is 12.1. The Balaban J connectivity index is 3.28. The largest absolute Gasteiger partial charge is 0.373 e. The molecule has 1 unspecified atom stereocenters. The molecule has 0 amide bonds. The molecule has 0 aromatic heterocycles. The molecular weight excluding hydrogens is 119 g/mol. The number of alkyl halides is 1. The van der Waals surface area contributed by atoms with E-state index < -0.39 is 6.17 Å². The van der Waals surface area contributed by atoms with Gasteiger partial charge in [-0.05, 0) is 27.7 Å². The lowest BCUT2D eigenvalue weighted by Crippen LogP contribution is -2.22. The standard InChI is InChI=1S/C7H15FO/c1-6(8)5-9-7(2,3)4/h6H,5H2,1-4H3. The predicted molar refractivity (Wildman–Crippen MR) is 36.3 cm³/mol. The van der Waals surface area contributed by atoms with Crippen molar-refractivity contribution in [2.45, 2.75) is 39.5 Å². The summed E-state index contributed by atoms with van der Waals surface area (Å²) in [5, 5.41) is 0. The second-order valence-corrected chi connectivity index (χ2v) is 3.20. The molecule has 56 valence electrons. The summed E-state index contributed by atoms with van der Waals surface area (Å²) in [4.78, 5) is 0. The molecule has 9 heavy (non-hydrogen) atoms. The summed E-state index contributed by atoms with van der Waals surface area (Å²) in [5.74, 6) is 0.